The summed E-state index contributed by atoms with van der Waals surface area (Å²) < 4.78 is 0.805. The Morgan fingerprint density at radius 3 is 2.60 bits per heavy atom. The lowest BCUT2D eigenvalue weighted by atomic mass is 10.1. The number of nitrogens with one attached hydrogen (secondary N) is 1. The Bertz CT molecular complexity index is 1210. The molecule has 0 aliphatic rings. The van der Waals surface area contributed by atoms with Gasteiger partial charge in [0.2, 0.25) is 11.6 Å². The van der Waals surface area contributed by atoms with Crippen molar-refractivity contribution in [2.24, 2.45) is 0 Å². The van der Waals surface area contributed by atoms with Gasteiger partial charge in [-0.25, -0.2) is 15.0 Å². The normalized spacial score (nSPS) is 10.7. The summed E-state index contributed by atoms with van der Waals surface area (Å²) in [4.78, 5) is 26.0. The molecule has 2 aromatic heterocycles. The van der Waals surface area contributed by atoms with E-state index in [1.54, 1.807) is 18.3 Å². The zero-order valence-corrected chi connectivity index (χ0v) is 17.6. The van der Waals surface area contributed by atoms with Gasteiger partial charge in [0.1, 0.15) is 12.1 Å². The number of hydrogen-bond acceptors (Lipinski definition) is 7. The molecule has 0 bridgehead atoms. The molecule has 0 radical (unpaired) electrons. The number of aromatic nitrogens is 3. The fraction of sp³-hybridized carbons (Fsp3) is 0.0952. The number of nitrogens with zero attached hydrogens (tertiary/aromatic N) is 5. The standard InChI is InChI=1S/C21H17BrN6O2/c1-2-27(17-9-5-7-14-6-3-4-8-16(14)17)21-19(28(29)30)20(24-13-25-21)26-18-11-10-15(22)12-23-18/h3-13H,2H2,1H3,(H,23,24,25,26). The molecule has 9 heteroatoms. The molecule has 0 atom stereocenters. The Morgan fingerprint density at radius 1 is 1.07 bits per heavy atom. The topological polar surface area (TPSA) is 97.1 Å². The van der Waals surface area contributed by atoms with Crippen molar-refractivity contribution >= 4 is 55.5 Å². The van der Waals surface area contributed by atoms with Gasteiger partial charge in [-0.1, -0.05) is 36.4 Å². The molecule has 0 aliphatic carbocycles. The maximum atomic E-state index is 12.0. The lowest BCUT2D eigenvalue weighted by Gasteiger charge is -2.23. The summed E-state index contributed by atoms with van der Waals surface area (Å²) in [5.74, 6) is 0.742. The molecule has 0 saturated heterocycles. The second-order valence-electron chi connectivity index (χ2n) is 6.38. The number of fused-ring (bicyclic) bond motifs is 1. The van der Waals surface area contributed by atoms with Crippen LogP contribution in [0.15, 0.2) is 71.6 Å². The fourth-order valence-electron chi connectivity index (χ4n) is 3.28. The average molecular weight is 465 g/mol. The molecule has 8 nitrogen and oxygen atoms in total. The average Bonchev–Trinajstić information content (AvgIpc) is 2.76. The number of anilines is 4. The SMILES string of the molecule is CCN(c1ncnc(Nc2ccc(Br)cn2)c1[N+](=O)[O-])c1cccc2ccccc12. The van der Waals surface area contributed by atoms with Crippen LogP contribution in [-0.2, 0) is 0 Å². The number of hydrogen-bond donors (Lipinski definition) is 1. The molecule has 30 heavy (non-hydrogen) atoms. The van der Waals surface area contributed by atoms with Crippen molar-refractivity contribution in [3.8, 4) is 0 Å². The Morgan fingerprint density at radius 2 is 1.87 bits per heavy atom. The van der Waals surface area contributed by atoms with Gasteiger partial charge in [0, 0.05) is 22.6 Å². The third-order valence-corrected chi connectivity index (χ3v) is 5.06. The molecule has 4 aromatic rings. The Balaban J connectivity index is 1.84. The molecule has 0 unspecified atom stereocenters. The highest BCUT2D eigenvalue weighted by atomic mass is 79.9. The smallest absolute Gasteiger partial charge is 0.320 e. The van der Waals surface area contributed by atoms with E-state index < -0.39 is 4.92 Å². The predicted octanol–water partition coefficient (Wildman–Crippen LogP) is 5.60. The summed E-state index contributed by atoms with van der Waals surface area (Å²) in [5, 5.41) is 17.0. The van der Waals surface area contributed by atoms with Crippen LogP contribution in [0.1, 0.15) is 6.92 Å². The fourth-order valence-corrected chi connectivity index (χ4v) is 3.51. The van der Waals surface area contributed by atoms with Crippen LogP contribution in [0.4, 0.5) is 28.8 Å². The van der Waals surface area contributed by atoms with Gasteiger partial charge in [-0.05, 0) is 46.4 Å². The van der Waals surface area contributed by atoms with Crippen molar-refractivity contribution in [1.29, 1.82) is 0 Å². The number of nitro groups is 1. The highest BCUT2D eigenvalue weighted by Gasteiger charge is 2.28. The van der Waals surface area contributed by atoms with Crippen LogP contribution in [0, 0.1) is 10.1 Å². The van der Waals surface area contributed by atoms with Gasteiger partial charge in [0.25, 0.3) is 0 Å². The molecule has 1 N–H and O–H groups in total. The third kappa shape index (κ3) is 3.79. The Hall–Kier alpha value is -3.59. The van der Waals surface area contributed by atoms with E-state index in [9.17, 15) is 10.1 Å². The minimum absolute atomic E-state index is 0.0820. The van der Waals surface area contributed by atoms with Crippen molar-refractivity contribution in [1.82, 2.24) is 15.0 Å². The van der Waals surface area contributed by atoms with E-state index in [0.29, 0.717) is 12.4 Å². The highest BCUT2D eigenvalue weighted by Crippen LogP contribution is 2.39. The molecule has 150 valence electrons. The molecular weight excluding hydrogens is 448 g/mol. The predicted molar refractivity (Wildman–Crippen MR) is 121 cm³/mol. The van der Waals surface area contributed by atoms with Gasteiger partial charge in [-0.2, -0.15) is 0 Å². The number of rotatable bonds is 6. The summed E-state index contributed by atoms with van der Waals surface area (Å²) in [6.45, 7) is 2.42. The molecule has 2 heterocycles. The molecule has 0 fully saturated rings. The van der Waals surface area contributed by atoms with Crippen LogP contribution in [0.25, 0.3) is 10.8 Å². The molecule has 2 aromatic carbocycles. The van der Waals surface area contributed by atoms with Crippen molar-refractivity contribution in [2.75, 3.05) is 16.8 Å². The van der Waals surface area contributed by atoms with E-state index in [2.05, 4.69) is 36.2 Å². The van der Waals surface area contributed by atoms with Crippen LogP contribution < -0.4 is 10.2 Å². The minimum atomic E-state index is -0.468. The van der Waals surface area contributed by atoms with Crippen LogP contribution in [0.3, 0.4) is 0 Å². The van der Waals surface area contributed by atoms with Gasteiger partial charge < -0.3 is 10.2 Å². The van der Waals surface area contributed by atoms with Crippen LogP contribution in [0.2, 0.25) is 0 Å². The quantitative estimate of drug-likeness (QED) is 0.293. The zero-order valence-electron chi connectivity index (χ0n) is 16.0. The number of halogens is 1. The van der Waals surface area contributed by atoms with E-state index in [4.69, 9.17) is 0 Å². The first-order valence-corrected chi connectivity index (χ1v) is 10.0. The lowest BCUT2D eigenvalue weighted by Crippen LogP contribution is -2.20. The van der Waals surface area contributed by atoms with Crippen molar-refractivity contribution in [3.63, 3.8) is 0 Å². The van der Waals surface area contributed by atoms with Crippen molar-refractivity contribution in [2.45, 2.75) is 6.92 Å². The first-order chi connectivity index (χ1) is 14.6. The maximum Gasteiger partial charge on any atom is 0.354 e. The molecule has 4 rings (SSSR count). The zero-order chi connectivity index (χ0) is 21.1. The number of pyridine rings is 1. The first kappa shape index (κ1) is 19.7. The second kappa shape index (κ2) is 8.42. The highest BCUT2D eigenvalue weighted by molar-refractivity contribution is 9.10. The first-order valence-electron chi connectivity index (χ1n) is 9.21. The van der Waals surface area contributed by atoms with E-state index >= 15 is 0 Å². The summed E-state index contributed by atoms with van der Waals surface area (Å²) in [6, 6.07) is 17.3. The summed E-state index contributed by atoms with van der Waals surface area (Å²) >= 11 is 3.32. The summed E-state index contributed by atoms with van der Waals surface area (Å²) in [5.41, 5.74) is 0.627. The largest absolute Gasteiger partial charge is 0.354 e. The van der Waals surface area contributed by atoms with E-state index in [1.807, 2.05) is 54.3 Å². The second-order valence-corrected chi connectivity index (χ2v) is 7.30. The van der Waals surface area contributed by atoms with Crippen molar-refractivity contribution < 1.29 is 4.92 Å². The van der Waals surface area contributed by atoms with Gasteiger partial charge in [0.15, 0.2) is 0 Å². The molecule has 0 saturated carbocycles. The van der Waals surface area contributed by atoms with Crippen LogP contribution in [0.5, 0.6) is 0 Å². The van der Waals surface area contributed by atoms with Crippen LogP contribution >= 0.6 is 15.9 Å². The lowest BCUT2D eigenvalue weighted by molar-refractivity contribution is -0.383. The molecule has 0 spiro atoms. The van der Waals surface area contributed by atoms with Crippen molar-refractivity contribution in [3.05, 3.63) is 81.7 Å². The molecule has 0 aliphatic heterocycles. The monoisotopic (exact) mass is 464 g/mol. The third-order valence-electron chi connectivity index (χ3n) is 4.59. The molecule has 0 amide bonds. The Kier molecular flexibility index (Phi) is 5.53. The van der Waals surface area contributed by atoms with Crippen LogP contribution in [-0.4, -0.2) is 26.4 Å². The van der Waals surface area contributed by atoms with E-state index in [-0.39, 0.29) is 17.3 Å². The summed E-state index contributed by atoms with van der Waals surface area (Å²) in [6.07, 6.45) is 2.92. The van der Waals surface area contributed by atoms with Gasteiger partial charge in [0.05, 0.1) is 10.6 Å². The van der Waals surface area contributed by atoms with Gasteiger partial charge >= 0.3 is 5.69 Å². The molecular formula is C21H17BrN6O2. The van der Waals surface area contributed by atoms with Gasteiger partial charge in [-0.3, -0.25) is 10.1 Å². The number of benzene rings is 2. The van der Waals surface area contributed by atoms with E-state index in [1.165, 1.54) is 6.33 Å². The van der Waals surface area contributed by atoms with E-state index in [0.717, 1.165) is 20.9 Å². The summed E-state index contributed by atoms with van der Waals surface area (Å²) in [7, 11) is 0. The minimum Gasteiger partial charge on any atom is -0.320 e. The van der Waals surface area contributed by atoms with Gasteiger partial charge in [-0.15, -0.1) is 0 Å². The Labute approximate surface area is 180 Å². The maximum absolute atomic E-state index is 12.0.